The number of fused-ring (bicyclic) bond motifs is 2. The molecule has 2 bridgehead atoms. The van der Waals surface area contributed by atoms with Gasteiger partial charge in [-0.1, -0.05) is 50.0 Å². The van der Waals surface area contributed by atoms with Crippen LogP contribution in [0.15, 0.2) is 79.0 Å². The predicted octanol–water partition coefficient (Wildman–Crippen LogP) is 7.31. The molecule has 6 atom stereocenters. The summed E-state index contributed by atoms with van der Waals surface area (Å²) < 4.78 is 147. The fraction of sp³-hybridized carbons (Fsp3) is 0.491. The van der Waals surface area contributed by atoms with E-state index in [9.17, 15) is 55.0 Å². The lowest BCUT2D eigenvalue weighted by Crippen LogP contribution is -2.62. The molecule has 3 aliphatic heterocycles. The number of hydrogen-bond donors (Lipinski definition) is 4. The molecule has 4 heterocycles. The third-order valence-electron chi connectivity index (χ3n) is 15.5. The lowest BCUT2D eigenvalue weighted by molar-refractivity contribution is -0.230. The SMILES string of the molecule is COC(=O)C[C@H](C(=O)NCN(CCc1c(F)cc(-c2cccc(F)c2)cc1F)C[C@H](O)[C@H](Cc1ccc(C#Cc2ccc(N3C[C@H]4C[C@@H]3CN4C3COC3)nc2)cc1)NC(=O)[C@@H](NC(=O)OC)C(C)(C)C(F)(F)F)C(C)(C)C(F)(F)F. The number of aliphatic hydroxyl groups excluding tert-OH is 1. The van der Waals surface area contributed by atoms with Gasteiger partial charge in [0.05, 0.1) is 75.5 Å². The molecule has 0 saturated carbocycles. The summed E-state index contributed by atoms with van der Waals surface area (Å²) in [5.74, 6) is -1.89. The number of esters is 1. The van der Waals surface area contributed by atoms with Crippen LogP contribution in [0, 0.1) is 46.0 Å². The zero-order chi connectivity index (χ0) is 59.2. The fourth-order valence-corrected chi connectivity index (χ4v) is 10.1. The van der Waals surface area contributed by atoms with Gasteiger partial charge >= 0.3 is 24.4 Å². The minimum Gasteiger partial charge on any atom is -0.469 e. The molecule has 0 aliphatic carbocycles. The number of carbonyl (C=O) groups excluding carboxylic acids is 4. The number of alkyl carbamates (subject to hydrolysis) is 1. The van der Waals surface area contributed by atoms with Crippen molar-refractivity contribution in [3.8, 4) is 23.0 Å². The van der Waals surface area contributed by atoms with Gasteiger partial charge in [0.25, 0.3) is 0 Å². The van der Waals surface area contributed by atoms with Gasteiger partial charge < -0.3 is 40.2 Å². The number of aliphatic hydroxyl groups is 1. The molecule has 0 radical (unpaired) electrons. The molecule has 15 nitrogen and oxygen atoms in total. The first-order valence-electron chi connectivity index (χ1n) is 26.0. The third kappa shape index (κ3) is 14.8. The monoisotopic (exact) mass is 1150 g/mol. The van der Waals surface area contributed by atoms with E-state index in [-0.39, 0.29) is 17.5 Å². The molecule has 3 saturated heterocycles. The van der Waals surface area contributed by atoms with Crippen molar-refractivity contribution in [3.05, 3.63) is 119 Å². The van der Waals surface area contributed by atoms with Gasteiger partial charge in [-0.25, -0.2) is 22.9 Å². The van der Waals surface area contributed by atoms with Crippen molar-refractivity contribution in [2.45, 2.75) is 102 Å². The van der Waals surface area contributed by atoms with Gasteiger partial charge in [-0.15, -0.1) is 0 Å². The van der Waals surface area contributed by atoms with E-state index in [0.717, 1.165) is 81.9 Å². The Morgan fingerprint density at radius 3 is 2.00 bits per heavy atom. The molecule has 438 valence electrons. The molecule has 0 unspecified atom stereocenters. The first-order chi connectivity index (χ1) is 38.1. The van der Waals surface area contributed by atoms with Crippen molar-refractivity contribution in [1.29, 1.82) is 0 Å². The summed E-state index contributed by atoms with van der Waals surface area (Å²) >= 11 is 0. The first kappa shape index (κ1) is 61.7. The molecule has 0 spiro atoms. The number of benzene rings is 3. The minimum atomic E-state index is -5.11. The topological polar surface area (TPSA) is 175 Å². The number of likely N-dealkylation sites (tertiary alicyclic amines) is 1. The van der Waals surface area contributed by atoms with E-state index in [4.69, 9.17) is 4.74 Å². The van der Waals surface area contributed by atoms with E-state index in [1.807, 2.05) is 17.4 Å². The quantitative estimate of drug-likeness (QED) is 0.0284. The zero-order valence-electron chi connectivity index (χ0n) is 45.3. The number of methoxy groups -OCH3 is 2. The number of nitrogens with zero attached hydrogens (tertiary/aromatic N) is 4. The van der Waals surface area contributed by atoms with E-state index in [1.54, 1.807) is 30.5 Å². The molecular weight excluding hydrogens is 1080 g/mol. The van der Waals surface area contributed by atoms with Crippen molar-refractivity contribution >= 4 is 29.7 Å². The maximum atomic E-state index is 15.8. The molecule has 3 fully saturated rings. The highest BCUT2D eigenvalue weighted by atomic mass is 19.4. The summed E-state index contributed by atoms with van der Waals surface area (Å²) in [6.07, 6.45) is -12.6. The van der Waals surface area contributed by atoms with Gasteiger partial charge in [-0.2, -0.15) is 26.3 Å². The maximum absolute atomic E-state index is 15.8. The van der Waals surface area contributed by atoms with E-state index < -0.39 is 127 Å². The summed E-state index contributed by atoms with van der Waals surface area (Å²) in [7, 11) is 1.77. The minimum absolute atomic E-state index is 0.0252. The number of anilines is 1. The number of amides is 3. The summed E-state index contributed by atoms with van der Waals surface area (Å²) in [5, 5.41) is 18.8. The van der Waals surface area contributed by atoms with Gasteiger partial charge in [-0.05, 0) is 98.3 Å². The largest absolute Gasteiger partial charge is 0.469 e. The third-order valence-corrected chi connectivity index (χ3v) is 15.5. The Bertz CT molecular complexity index is 2920. The second kappa shape index (κ2) is 25.5. The highest BCUT2D eigenvalue weighted by molar-refractivity contribution is 5.87. The van der Waals surface area contributed by atoms with Gasteiger partial charge in [0.15, 0.2) is 0 Å². The maximum Gasteiger partial charge on any atom is 0.407 e. The molecule has 24 heteroatoms. The molecule has 3 aliphatic rings. The average molecular weight is 1150 g/mol. The number of carbonyl (C=O) groups is 4. The smallest absolute Gasteiger partial charge is 0.407 e. The summed E-state index contributed by atoms with van der Waals surface area (Å²) in [4.78, 5) is 63.3. The number of piperazine rings is 1. The Labute approximate surface area is 462 Å². The Balaban J connectivity index is 1.15. The lowest BCUT2D eigenvalue weighted by atomic mass is 9.75. The van der Waals surface area contributed by atoms with Crippen molar-refractivity contribution < 1.29 is 78.0 Å². The highest BCUT2D eigenvalue weighted by Crippen LogP contribution is 2.45. The van der Waals surface area contributed by atoms with Gasteiger partial charge in [0.2, 0.25) is 11.8 Å². The molecule has 3 amide bonds. The number of nitrogens with one attached hydrogen (secondary N) is 3. The first-order valence-corrected chi connectivity index (χ1v) is 26.0. The fourth-order valence-electron chi connectivity index (χ4n) is 10.1. The highest BCUT2D eigenvalue weighted by Gasteiger charge is 2.57. The van der Waals surface area contributed by atoms with Crippen LogP contribution in [0.1, 0.15) is 62.8 Å². The van der Waals surface area contributed by atoms with Gasteiger partial charge in [0, 0.05) is 61.1 Å². The molecular formula is C57H64F9N7O8. The van der Waals surface area contributed by atoms with E-state index >= 15 is 8.78 Å². The number of rotatable bonds is 21. The second-order valence-corrected chi connectivity index (χ2v) is 21.6. The van der Waals surface area contributed by atoms with Crippen LogP contribution in [0.2, 0.25) is 0 Å². The van der Waals surface area contributed by atoms with Crippen LogP contribution in [0.3, 0.4) is 0 Å². The number of pyridine rings is 1. The molecule has 4 aromatic rings. The van der Waals surface area contributed by atoms with Crippen LogP contribution < -0.4 is 20.9 Å². The summed E-state index contributed by atoms with van der Waals surface area (Å²) in [5.41, 5.74) is -4.68. The Morgan fingerprint density at radius 2 is 1.44 bits per heavy atom. The van der Waals surface area contributed by atoms with E-state index in [2.05, 4.69) is 46.7 Å². The number of hydrogen-bond acceptors (Lipinski definition) is 12. The normalized spacial score (nSPS) is 18.3. The lowest BCUT2D eigenvalue weighted by Gasteiger charge is -2.42. The van der Waals surface area contributed by atoms with Gasteiger partial charge in [-0.3, -0.25) is 24.2 Å². The molecule has 4 N–H and O–H groups in total. The predicted molar refractivity (Wildman–Crippen MR) is 278 cm³/mol. The molecule has 7 rings (SSSR count). The van der Waals surface area contributed by atoms with Crippen molar-refractivity contribution in [3.63, 3.8) is 0 Å². The number of alkyl halides is 6. The van der Waals surface area contributed by atoms with Crippen LogP contribution in [0.5, 0.6) is 0 Å². The average Bonchev–Trinajstić information content (AvgIpc) is 4.22. The van der Waals surface area contributed by atoms with Crippen LogP contribution in [-0.2, 0) is 41.4 Å². The number of aromatic nitrogens is 1. The molecule has 81 heavy (non-hydrogen) atoms. The second-order valence-electron chi connectivity index (χ2n) is 21.6. The van der Waals surface area contributed by atoms with Crippen molar-refractivity contribution in [2.75, 3.05) is 65.2 Å². The Morgan fingerprint density at radius 1 is 0.790 bits per heavy atom. The van der Waals surface area contributed by atoms with Crippen molar-refractivity contribution in [2.24, 2.45) is 16.7 Å². The van der Waals surface area contributed by atoms with Crippen molar-refractivity contribution in [1.82, 2.24) is 30.7 Å². The Kier molecular flexibility index (Phi) is 19.4. The number of ether oxygens (including phenoxy) is 3. The van der Waals surface area contributed by atoms with E-state index in [0.29, 0.717) is 62.5 Å². The molecule has 3 aromatic carbocycles. The van der Waals surface area contributed by atoms with Gasteiger partial charge in [0.1, 0.15) is 29.3 Å². The standard InChI is InChI=1S/C57H64F9N7O8/c1-54(2,56(61,62)63)43(25-49(75)79-5)51(76)68-32-71(19-18-42-44(59)22-37(23-45(42)60)36-8-7-9-38(58)21-36)29-47(74)46(69-52(77)50(70-53(78)80-6)55(3,4)57(64,65)66)20-34-13-10-33(11-14-34)12-15-35-16-17-48(67-26-35)73-28-39-24-40(73)27-72(39)41-30-81-31-41/h7-11,13-14,16-17,21-23,26,39-41,43,46-47,50,74H,18-20,24-25,27-32H2,1-6H3,(H,68,76)(H,69,77)(H,70,78)/t39-,40-,43-,46+,47+,50-/m1/s1. The Hall–Kier alpha value is -6.94. The van der Waals surface area contributed by atoms with Crippen LogP contribution in [0.4, 0.5) is 50.1 Å². The van der Waals surface area contributed by atoms with Crippen LogP contribution in [-0.4, -0.2) is 153 Å². The zero-order valence-corrected chi connectivity index (χ0v) is 45.3. The number of halogens is 9. The van der Waals surface area contributed by atoms with Crippen LogP contribution >= 0.6 is 0 Å². The molecule has 1 aromatic heterocycles. The summed E-state index contributed by atoms with van der Waals surface area (Å²) in [6, 6.07) is 14.3. The summed E-state index contributed by atoms with van der Waals surface area (Å²) in [6.45, 7) is 4.09. The van der Waals surface area contributed by atoms with Crippen LogP contribution in [0.25, 0.3) is 11.1 Å². The van der Waals surface area contributed by atoms with E-state index in [1.165, 1.54) is 12.1 Å².